The number of ether oxygens (including phenoxy) is 5. The number of carbonyl (C=O) groups is 2. The number of esters is 2. The van der Waals surface area contributed by atoms with Gasteiger partial charge < -0.3 is 23.7 Å². The van der Waals surface area contributed by atoms with Gasteiger partial charge in [-0.1, -0.05) is 30.3 Å². The first kappa shape index (κ1) is 20.2. The van der Waals surface area contributed by atoms with Crippen molar-refractivity contribution in [3.63, 3.8) is 0 Å². The van der Waals surface area contributed by atoms with Crippen LogP contribution in [-0.4, -0.2) is 68.2 Å². The molecule has 0 aromatic heterocycles. The summed E-state index contributed by atoms with van der Waals surface area (Å²) in [6, 6.07) is 8.66. The molecule has 29 heavy (non-hydrogen) atoms. The van der Waals surface area contributed by atoms with Crippen molar-refractivity contribution in [1.29, 1.82) is 0 Å². The van der Waals surface area contributed by atoms with Crippen LogP contribution in [0.2, 0.25) is 0 Å². The van der Waals surface area contributed by atoms with Crippen molar-refractivity contribution in [3.8, 4) is 0 Å². The molecule has 0 bridgehead atoms. The maximum atomic E-state index is 12.7. The number of nitrogens with zero attached hydrogens (tertiary/aromatic N) is 1. The van der Waals surface area contributed by atoms with Crippen molar-refractivity contribution in [3.05, 3.63) is 35.9 Å². The van der Waals surface area contributed by atoms with Crippen molar-refractivity contribution >= 4 is 11.9 Å². The molecule has 3 fully saturated rings. The maximum absolute atomic E-state index is 12.7. The Kier molecular flexibility index (Phi) is 5.34. The maximum Gasteiger partial charge on any atom is 0.338 e. The van der Waals surface area contributed by atoms with Crippen molar-refractivity contribution in [2.24, 2.45) is 5.92 Å². The molecule has 4 rings (SSSR count). The molecular weight excluding hydrogens is 382 g/mol. The number of carbonyl (C=O) groups excluding carboxylic acids is 2. The molecule has 0 N–H and O–H groups in total. The lowest BCUT2D eigenvalue weighted by Gasteiger charge is -2.32. The molecule has 158 valence electrons. The van der Waals surface area contributed by atoms with E-state index < -0.39 is 48.1 Å². The minimum atomic E-state index is -1.17. The first-order valence-electron chi connectivity index (χ1n) is 9.49. The molecule has 3 aliphatic rings. The average molecular weight is 407 g/mol. The summed E-state index contributed by atoms with van der Waals surface area (Å²) in [7, 11) is 2.53. The molecule has 1 aromatic rings. The summed E-state index contributed by atoms with van der Waals surface area (Å²) in [5.74, 6) is -2.94. The standard InChI is InChI=1S/C20H25NO8/c1-20(2)27-12-10-26-17(15(12)28-20)21-14(11-8-6-5-7-9-11)13(18(22)24-3)16(29-21)19(23)25-4/h5-9,12-17H,10H2,1-4H3. The summed E-state index contributed by atoms with van der Waals surface area (Å²) < 4.78 is 27.7. The number of hydroxylamine groups is 2. The molecule has 0 radical (unpaired) electrons. The Bertz CT molecular complexity index is 769. The average Bonchev–Trinajstić information content (AvgIpc) is 3.36. The molecule has 0 amide bonds. The predicted octanol–water partition coefficient (Wildman–Crippen LogP) is 1.18. The third-order valence-corrected chi connectivity index (χ3v) is 5.41. The van der Waals surface area contributed by atoms with Crippen molar-refractivity contribution in [1.82, 2.24) is 5.06 Å². The zero-order valence-electron chi connectivity index (χ0n) is 16.8. The summed E-state index contributed by atoms with van der Waals surface area (Å²) in [5, 5.41) is 1.52. The van der Waals surface area contributed by atoms with E-state index in [1.54, 1.807) is 0 Å². The Morgan fingerprint density at radius 1 is 1.07 bits per heavy atom. The minimum Gasteiger partial charge on any atom is -0.469 e. The largest absolute Gasteiger partial charge is 0.469 e. The first-order valence-corrected chi connectivity index (χ1v) is 9.49. The van der Waals surface area contributed by atoms with Crippen molar-refractivity contribution < 1.29 is 38.1 Å². The number of rotatable bonds is 4. The number of hydrogen-bond acceptors (Lipinski definition) is 9. The highest BCUT2D eigenvalue weighted by molar-refractivity contribution is 5.85. The van der Waals surface area contributed by atoms with Gasteiger partial charge in [-0.25, -0.2) is 4.79 Å². The van der Waals surface area contributed by atoms with Gasteiger partial charge in [0.05, 0.1) is 26.9 Å². The number of methoxy groups -OCH3 is 2. The normalized spacial score (nSPS) is 36.0. The summed E-state index contributed by atoms with van der Waals surface area (Å²) in [5.41, 5.74) is 0.777. The van der Waals surface area contributed by atoms with E-state index in [1.165, 1.54) is 19.3 Å². The van der Waals surface area contributed by atoms with Gasteiger partial charge in [-0.05, 0) is 19.4 Å². The molecule has 9 nitrogen and oxygen atoms in total. The van der Waals surface area contributed by atoms with E-state index in [4.69, 9.17) is 28.5 Å². The van der Waals surface area contributed by atoms with E-state index in [2.05, 4.69) is 0 Å². The number of hydrogen-bond donors (Lipinski definition) is 0. The van der Waals surface area contributed by atoms with Crippen LogP contribution in [0.1, 0.15) is 25.5 Å². The summed E-state index contributed by atoms with van der Waals surface area (Å²) >= 11 is 0. The Morgan fingerprint density at radius 3 is 2.41 bits per heavy atom. The Morgan fingerprint density at radius 2 is 1.76 bits per heavy atom. The van der Waals surface area contributed by atoms with Crippen LogP contribution in [0, 0.1) is 5.92 Å². The quantitative estimate of drug-likeness (QED) is 0.682. The highest BCUT2D eigenvalue weighted by Crippen LogP contribution is 2.46. The molecule has 3 aliphatic heterocycles. The topological polar surface area (TPSA) is 92.8 Å². The Labute approximate surface area is 168 Å². The molecule has 3 saturated heterocycles. The zero-order chi connectivity index (χ0) is 20.8. The highest BCUT2D eigenvalue weighted by atomic mass is 16.8. The van der Waals surface area contributed by atoms with Crippen LogP contribution in [0.3, 0.4) is 0 Å². The van der Waals surface area contributed by atoms with Gasteiger partial charge in [-0.15, -0.1) is 5.06 Å². The van der Waals surface area contributed by atoms with Crippen LogP contribution in [-0.2, 0) is 38.1 Å². The second-order valence-electron chi connectivity index (χ2n) is 7.68. The molecule has 9 heteroatoms. The van der Waals surface area contributed by atoms with E-state index in [9.17, 15) is 9.59 Å². The second kappa shape index (κ2) is 7.66. The summed E-state index contributed by atoms with van der Waals surface area (Å²) in [4.78, 5) is 31.1. The van der Waals surface area contributed by atoms with E-state index in [1.807, 2.05) is 44.2 Å². The molecule has 0 saturated carbocycles. The zero-order valence-corrected chi connectivity index (χ0v) is 16.8. The molecule has 1 aromatic carbocycles. The van der Waals surface area contributed by atoms with Crippen molar-refractivity contribution in [2.45, 2.75) is 50.2 Å². The third-order valence-electron chi connectivity index (χ3n) is 5.41. The van der Waals surface area contributed by atoms with Crippen LogP contribution in [0.4, 0.5) is 0 Å². The summed E-state index contributed by atoms with van der Waals surface area (Å²) in [6.45, 7) is 3.97. The van der Waals surface area contributed by atoms with Gasteiger partial charge in [-0.3, -0.25) is 9.63 Å². The van der Waals surface area contributed by atoms with E-state index >= 15 is 0 Å². The fourth-order valence-electron chi connectivity index (χ4n) is 4.24. The highest BCUT2D eigenvalue weighted by Gasteiger charge is 2.60. The predicted molar refractivity (Wildman–Crippen MR) is 97.0 cm³/mol. The van der Waals surface area contributed by atoms with Crippen LogP contribution in [0.25, 0.3) is 0 Å². The lowest BCUT2D eigenvalue weighted by atomic mass is 9.89. The van der Waals surface area contributed by atoms with Crippen molar-refractivity contribution in [2.75, 3.05) is 20.8 Å². The Balaban J connectivity index is 1.73. The van der Waals surface area contributed by atoms with Gasteiger partial charge in [0.15, 0.2) is 18.1 Å². The van der Waals surface area contributed by atoms with E-state index in [0.717, 1.165) is 5.56 Å². The van der Waals surface area contributed by atoms with Crippen LogP contribution in [0.5, 0.6) is 0 Å². The van der Waals surface area contributed by atoms with E-state index in [0.29, 0.717) is 6.61 Å². The minimum absolute atomic E-state index is 0.274. The molecular formula is C20H25NO8. The SMILES string of the molecule is COC(=O)C1ON(C2OCC3OC(C)(C)OC32)C(c2ccccc2)C1C(=O)OC. The lowest BCUT2D eigenvalue weighted by Crippen LogP contribution is -2.44. The number of benzene rings is 1. The fraction of sp³-hybridized carbons (Fsp3) is 0.600. The Hall–Kier alpha value is -2.04. The molecule has 6 atom stereocenters. The monoisotopic (exact) mass is 407 g/mol. The lowest BCUT2D eigenvalue weighted by molar-refractivity contribution is -0.277. The van der Waals surface area contributed by atoms with Gasteiger partial charge in [0.1, 0.15) is 18.1 Å². The van der Waals surface area contributed by atoms with Gasteiger partial charge >= 0.3 is 11.9 Å². The summed E-state index contributed by atoms with van der Waals surface area (Å²) in [6.07, 6.45) is -2.56. The van der Waals surface area contributed by atoms with Crippen LogP contribution >= 0.6 is 0 Å². The van der Waals surface area contributed by atoms with E-state index in [-0.39, 0.29) is 6.10 Å². The number of fused-ring (bicyclic) bond motifs is 1. The second-order valence-corrected chi connectivity index (χ2v) is 7.68. The third kappa shape index (κ3) is 3.53. The fourth-order valence-corrected chi connectivity index (χ4v) is 4.24. The molecule has 6 unspecified atom stereocenters. The van der Waals surface area contributed by atoms with Crippen LogP contribution < -0.4 is 0 Å². The molecule has 0 spiro atoms. The molecule has 0 aliphatic carbocycles. The van der Waals surface area contributed by atoms with Gasteiger partial charge in [0.25, 0.3) is 0 Å². The van der Waals surface area contributed by atoms with Gasteiger partial charge in [-0.2, -0.15) is 0 Å². The first-order chi connectivity index (χ1) is 13.9. The van der Waals surface area contributed by atoms with Gasteiger partial charge in [0, 0.05) is 0 Å². The van der Waals surface area contributed by atoms with Gasteiger partial charge in [0.2, 0.25) is 0 Å². The smallest absolute Gasteiger partial charge is 0.338 e. The molecule has 3 heterocycles. The van der Waals surface area contributed by atoms with Crippen LogP contribution in [0.15, 0.2) is 30.3 Å².